The van der Waals surface area contributed by atoms with E-state index in [0.717, 1.165) is 29.5 Å². The van der Waals surface area contributed by atoms with Gasteiger partial charge in [-0.1, -0.05) is 68.7 Å². The quantitative estimate of drug-likeness (QED) is 0.115. The molecular formula is C28H29BrO4. The highest BCUT2D eigenvalue weighted by Gasteiger charge is 2.09. The van der Waals surface area contributed by atoms with Crippen LogP contribution in [0.25, 0.3) is 17.2 Å². The van der Waals surface area contributed by atoms with E-state index in [4.69, 9.17) is 14.2 Å². The molecule has 0 spiro atoms. The number of benzene rings is 3. The van der Waals surface area contributed by atoms with Gasteiger partial charge in [-0.3, -0.25) is 0 Å². The Morgan fingerprint density at radius 1 is 0.879 bits per heavy atom. The third-order valence-corrected chi connectivity index (χ3v) is 5.72. The lowest BCUT2D eigenvalue weighted by atomic mass is 10.1. The van der Waals surface area contributed by atoms with Crippen LogP contribution in [0.2, 0.25) is 0 Å². The molecule has 0 aromatic heterocycles. The summed E-state index contributed by atoms with van der Waals surface area (Å²) in [6.07, 6.45) is 7.69. The number of ether oxygens (including phenoxy) is 3. The van der Waals surface area contributed by atoms with Gasteiger partial charge in [-0.25, -0.2) is 4.79 Å². The van der Waals surface area contributed by atoms with E-state index in [2.05, 4.69) is 22.9 Å². The SMILES string of the molecule is CCCCCCOc1ccc(/C=C/C(=O)Oc2ccc(-c3ccccc3)cc2Br)cc1OC. The summed E-state index contributed by atoms with van der Waals surface area (Å²) in [7, 11) is 1.61. The molecule has 0 radical (unpaired) electrons. The Morgan fingerprint density at radius 2 is 1.67 bits per heavy atom. The van der Waals surface area contributed by atoms with E-state index in [9.17, 15) is 4.79 Å². The summed E-state index contributed by atoms with van der Waals surface area (Å²) in [6, 6.07) is 21.3. The molecule has 5 heteroatoms. The van der Waals surface area contributed by atoms with Gasteiger partial charge in [0.15, 0.2) is 11.5 Å². The molecule has 4 nitrogen and oxygen atoms in total. The molecule has 0 aliphatic rings. The van der Waals surface area contributed by atoms with E-state index in [1.54, 1.807) is 19.3 Å². The molecule has 172 valence electrons. The van der Waals surface area contributed by atoms with Crippen molar-refractivity contribution in [2.45, 2.75) is 32.6 Å². The lowest BCUT2D eigenvalue weighted by molar-refractivity contribution is -0.128. The summed E-state index contributed by atoms with van der Waals surface area (Å²) >= 11 is 3.50. The number of esters is 1. The molecule has 3 aromatic rings. The number of unbranched alkanes of at least 4 members (excludes halogenated alkanes) is 3. The molecule has 0 unspecified atom stereocenters. The van der Waals surface area contributed by atoms with Crippen molar-refractivity contribution >= 4 is 28.0 Å². The zero-order valence-electron chi connectivity index (χ0n) is 19.1. The van der Waals surface area contributed by atoms with Crippen LogP contribution in [0, 0.1) is 0 Å². The second-order valence-corrected chi connectivity index (χ2v) is 8.44. The molecular weight excluding hydrogens is 480 g/mol. The van der Waals surface area contributed by atoms with Crippen LogP contribution >= 0.6 is 15.9 Å². The molecule has 0 heterocycles. The molecule has 0 atom stereocenters. The van der Waals surface area contributed by atoms with Gasteiger partial charge >= 0.3 is 5.97 Å². The van der Waals surface area contributed by atoms with Crippen LogP contribution < -0.4 is 14.2 Å². The number of halogens is 1. The van der Waals surface area contributed by atoms with Crippen LogP contribution in [0.3, 0.4) is 0 Å². The first-order valence-electron chi connectivity index (χ1n) is 11.2. The Bertz CT molecular complexity index is 1080. The van der Waals surface area contributed by atoms with Gasteiger partial charge in [0.2, 0.25) is 0 Å². The Balaban J connectivity index is 1.60. The highest BCUT2D eigenvalue weighted by molar-refractivity contribution is 9.10. The summed E-state index contributed by atoms with van der Waals surface area (Å²) in [5.41, 5.74) is 2.96. The molecule has 0 saturated carbocycles. The molecule has 0 aliphatic heterocycles. The Morgan fingerprint density at radius 3 is 2.39 bits per heavy atom. The van der Waals surface area contributed by atoms with Crippen LogP contribution in [0.4, 0.5) is 0 Å². The number of carbonyl (C=O) groups excluding carboxylic acids is 1. The van der Waals surface area contributed by atoms with E-state index >= 15 is 0 Å². The second kappa shape index (κ2) is 12.9. The van der Waals surface area contributed by atoms with Crippen molar-refractivity contribution in [1.29, 1.82) is 0 Å². The minimum atomic E-state index is -0.460. The normalized spacial score (nSPS) is 10.9. The van der Waals surface area contributed by atoms with Crippen molar-refractivity contribution in [2.75, 3.05) is 13.7 Å². The topological polar surface area (TPSA) is 44.8 Å². The van der Waals surface area contributed by atoms with Crippen molar-refractivity contribution in [3.05, 3.63) is 82.8 Å². The van der Waals surface area contributed by atoms with Crippen molar-refractivity contribution in [1.82, 2.24) is 0 Å². The number of methoxy groups -OCH3 is 1. The monoisotopic (exact) mass is 508 g/mol. The van der Waals surface area contributed by atoms with Gasteiger partial charge in [0, 0.05) is 6.08 Å². The Kier molecular flexibility index (Phi) is 9.58. The molecule has 0 N–H and O–H groups in total. The first-order valence-corrected chi connectivity index (χ1v) is 12.0. The third kappa shape index (κ3) is 7.50. The van der Waals surface area contributed by atoms with Crippen molar-refractivity contribution < 1.29 is 19.0 Å². The summed E-state index contributed by atoms with van der Waals surface area (Å²) in [5.74, 6) is 1.35. The van der Waals surface area contributed by atoms with Crippen LogP contribution in [0.5, 0.6) is 17.2 Å². The maximum Gasteiger partial charge on any atom is 0.336 e. The van der Waals surface area contributed by atoms with E-state index < -0.39 is 5.97 Å². The Hall–Kier alpha value is -3.05. The maximum atomic E-state index is 12.4. The molecule has 0 bridgehead atoms. The van der Waals surface area contributed by atoms with E-state index in [-0.39, 0.29) is 0 Å². The first kappa shape index (κ1) is 24.6. The van der Waals surface area contributed by atoms with Gasteiger partial charge in [0.1, 0.15) is 5.75 Å². The minimum Gasteiger partial charge on any atom is -0.493 e. The first-order chi connectivity index (χ1) is 16.1. The lowest BCUT2D eigenvalue weighted by Gasteiger charge is -2.11. The molecule has 33 heavy (non-hydrogen) atoms. The maximum absolute atomic E-state index is 12.4. The Labute approximate surface area is 204 Å². The fourth-order valence-electron chi connectivity index (χ4n) is 3.32. The summed E-state index contributed by atoms with van der Waals surface area (Å²) in [6.45, 7) is 2.85. The van der Waals surface area contributed by atoms with Gasteiger partial charge in [-0.15, -0.1) is 0 Å². The standard InChI is InChI=1S/C28H29BrO4/c1-3-4-5-9-18-32-26-15-12-21(19-27(26)31-2)13-17-28(30)33-25-16-14-23(20-24(25)29)22-10-7-6-8-11-22/h6-8,10-17,19-20H,3-5,9,18H2,1-2H3/b17-13+. The van der Waals surface area contributed by atoms with Crippen LogP contribution in [0.1, 0.15) is 38.2 Å². The average Bonchev–Trinajstić information content (AvgIpc) is 2.84. The number of carbonyl (C=O) groups is 1. The average molecular weight is 509 g/mol. The highest BCUT2D eigenvalue weighted by Crippen LogP contribution is 2.31. The zero-order valence-corrected chi connectivity index (χ0v) is 20.6. The number of rotatable bonds is 11. The number of hydrogen-bond donors (Lipinski definition) is 0. The summed E-state index contributed by atoms with van der Waals surface area (Å²) in [4.78, 5) is 12.4. The molecule has 0 fully saturated rings. The van der Waals surface area contributed by atoms with Crippen LogP contribution in [-0.2, 0) is 4.79 Å². The smallest absolute Gasteiger partial charge is 0.336 e. The largest absolute Gasteiger partial charge is 0.493 e. The predicted molar refractivity (Wildman–Crippen MR) is 137 cm³/mol. The fraction of sp³-hybridized carbons (Fsp3) is 0.250. The summed E-state index contributed by atoms with van der Waals surface area (Å²) < 4.78 is 17.5. The van der Waals surface area contributed by atoms with Crippen LogP contribution in [0.15, 0.2) is 77.3 Å². The van der Waals surface area contributed by atoms with E-state index in [0.29, 0.717) is 28.3 Å². The third-order valence-electron chi connectivity index (χ3n) is 5.10. The van der Waals surface area contributed by atoms with Crippen molar-refractivity contribution in [3.8, 4) is 28.4 Å². The van der Waals surface area contributed by atoms with E-state index in [1.807, 2.05) is 60.7 Å². The summed E-state index contributed by atoms with van der Waals surface area (Å²) in [5, 5.41) is 0. The zero-order chi connectivity index (χ0) is 23.5. The van der Waals surface area contributed by atoms with E-state index in [1.165, 1.54) is 18.9 Å². The highest BCUT2D eigenvalue weighted by atomic mass is 79.9. The van der Waals surface area contributed by atoms with Crippen molar-refractivity contribution in [3.63, 3.8) is 0 Å². The van der Waals surface area contributed by atoms with Gasteiger partial charge in [-0.2, -0.15) is 0 Å². The molecule has 3 aromatic carbocycles. The van der Waals surface area contributed by atoms with Gasteiger partial charge in [0.05, 0.1) is 18.2 Å². The van der Waals surface area contributed by atoms with Gasteiger partial charge in [-0.05, 0) is 69.4 Å². The number of hydrogen-bond acceptors (Lipinski definition) is 4. The molecule has 0 aliphatic carbocycles. The second-order valence-electron chi connectivity index (χ2n) is 7.59. The predicted octanol–water partition coefficient (Wildman–Crippen LogP) is 7.70. The molecule has 0 saturated heterocycles. The fourth-order valence-corrected chi connectivity index (χ4v) is 3.78. The van der Waals surface area contributed by atoms with Gasteiger partial charge < -0.3 is 14.2 Å². The molecule has 0 amide bonds. The van der Waals surface area contributed by atoms with Crippen molar-refractivity contribution in [2.24, 2.45) is 0 Å². The van der Waals surface area contributed by atoms with Crippen LogP contribution in [-0.4, -0.2) is 19.7 Å². The van der Waals surface area contributed by atoms with Gasteiger partial charge in [0.25, 0.3) is 0 Å². The lowest BCUT2D eigenvalue weighted by Crippen LogP contribution is -2.04. The minimum absolute atomic E-state index is 0.460. The molecule has 3 rings (SSSR count).